The molecule has 2 heterocycles. The predicted octanol–water partition coefficient (Wildman–Crippen LogP) is 5.79. The number of anilines is 1. The maximum absolute atomic E-state index is 12.4. The van der Waals surface area contributed by atoms with Crippen molar-refractivity contribution < 1.29 is 9.90 Å². The van der Waals surface area contributed by atoms with E-state index in [2.05, 4.69) is 10.3 Å². The van der Waals surface area contributed by atoms with Crippen LogP contribution in [0, 0.1) is 0 Å². The predicted molar refractivity (Wildman–Crippen MR) is 138 cm³/mol. The van der Waals surface area contributed by atoms with E-state index >= 15 is 0 Å². The van der Waals surface area contributed by atoms with Crippen molar-refractivity contribution in [2.24, 2.45) is 7.05 Å². The van der Waals surface area contributed by atoms with Crippen LogP contribution in [0.1, 0.15) is 33.2 Å². The summed E-state index contributed by atoms with van der Waals surface area (Å²) >= 11 is 14.0. The summed E-state index contributed by atoms with van der Waals surface area (Å²) in [5, 5.41) is 16.4. The summed E-state index contributed by atoms with van der Waals surface area (Å²) in [4.78, 5) is 16.7. The van der Waals surface area contributed by atoms with Gasteiger partial charge in [-0.2, -0.15) is 0 Å². The zero-order valence-electron chi connectivity index (χ0n) is 18.2. The number of nitrogens with one attached hydrogen (secondary N) is 1. The Kier molecular flexibility index (Phi) is 6.16. The van der Waals surface area contributed by atoms with Crippen molar-refractivity contribution >= 4 is 46.6 Å². The van der Waals surface area contributed by atoms with Gasteiger partial charge in [0.15, 0.2) is 5.60 Å². The Bertz CT molecular complexity index is 1370. The molecule has 4 aromatic rings. The molecule has 0 bridgehead atoms. The maximum atomic E-state index is 12.4. The van der Waals surface area contributed by atoms with Crippen molar-refractivity contribution in [3.8, 4) is 0 Å². The first-order valence-corrected chi connectivity index (χ1v) is 12.4. The monoisotopic (exact) mass is 509 g/mol. The fourth-order valence-electron chi connectivity index (χ4n) is 4.36. The van der Waals surface area contributed by atoms with E-state index in [1.54, 1.807) is 29.2 Å². The molecule has 8 heteroatoms. The van der Waals surface area contributed by atoms with Crippen molar-refractivity contribution in [3.05, 3.63) is 117 Å². The van der Waals surface area contributed by atoms with E-state index in [4.69, 9.17) is 23.2 Å². The van der Waals surface area contributed by atoms with E-state index in [0.29, 0.717) is 38.3 Å². The van der Waals surface area contributed by atoms with Gasteiger partial charge in [-0.1, -0.05) is 53.5 Å². The molecular formula is C26H21Cl2N3O2S. The standard InChI is InChI=1S/C26H21Cl2N3O2S/c1-31-15-29-13-23(31)26(33,17-5-8-19(27)9-6-17)18-7-10-22-21(12-18)25(34-14-24(32)30-22)16-3-2-4-20(28)11-16/h2-13,15,25,33H,14H2,1H3,(H,30,32). The van der Waals surface area contributed by atoms with Gasteiger partial charge in [0, 0.05) is 22.8 Å². The molecule has 0 spiro atoms. The summed E-state index contributed by atoms with van der Waals surface area (Å²) in [7, 11) is 1.84. The highest BCUT2D eigenvalue weighted by molar-refractivity contribution is 8.00. The Balaban J connectivity index is 1.72. The number of rotatable bonds is 4. The number of nitrogens with zero attached hydrogens (tertiary/aromatic N) is 2. The van der Waals surface area contributed by atoms with Gasteiger partial charge in [-0.15, -0.1) is 11.8 Å². The van der Waals surface area contributed by atoms with Crippen LogP contribution in [-0.4, -0.2) is 26.3 Å². The average Bonchev–Trinajstić information content (AvgIpc) is 3.18. The number of carbonyl (C=O) groups is 1. The molecule has 0 saturated carbocycles. The lowest BCUT2D eigenvalue weighted by Gasteiger charge is -2.31. The van der Waals surface area contributed by atoms with Crippen LogP contribution in [0.3, 0.4) is 0 Å². The quantitative estimate of drug-likeness (QED) is 0.365. The Morgan fingerprint density at radius 1 is 1.06 bits per heavy atom. The lowest BCUT2D eigenvalue weighted by molar-refractivity contribution is -0.113. The Morgan fingerprint density at radius 3 is 2.53 bits per heavy atom. The second kappa shape index (κ2) is 9.12. The molecule has 2 atom stereocenters. The number of thioether (sulfide) groups is 1. The van der Waals surface area contributed by atoms with Crippen molar-refractivity contribution in [1.82, 2.24) is 9.55 Å². The van der Waals surface area contributed by atoms with Gasteiger partial charge in [-0.05, 0) is 58.7 Å². The van der Waals surface area contributed by atoms with Crippen molar-refractivity contribution in [1.29, 1.82) is 0 Å². The van der Waals surface area contributed by atoms with Crippen LogP contribution in [0.15, 0.2) is 79.3 Å². The van der Waals surface area contributed by atoms with Gasteiger partial charge in [0.1, 0.15) is 0 Å². The number of hydrogen-bond acceptors (Lipinski definition) is 4. The minimum absolute atomic E-state index is 0.0666. The van der Waals surface area contributed by atoms with Crippen LogP contribution in [-0.2, 0) is 17.4 Å². The molecular weight excluding hydrogens is 489 g/mol. The minimum Gasteiger partial charge on any atom is -0.374 e. The van der Waals surface area contributed by atoms with Gasteiger partial charge >= 0.3 is 0 Å². The molecule has 34 heavy (non-hydrogen) atoms. The number of aryl methyl sites for hydroxylation is 1. The number of aliphatic hydroxyl groups is 1. The van der Waals surface area contributed by atoms with Crippen LogP contribution in [0.2, 0.25) is 10.0 Å². The molecule has 0 aliphatic carbocycles. The molecule has 2 N–H and O–H groups in total. The molecule has 5 rings (SSSR count). The van der Waals surface area contributed by atoms with E-state index in [-0.39, 0.29) is 11.2 Å². The zero-order valence-corrected chi connectivity index (χ0v) is 20.5. The topological polar surface area (TPSA) is 67.1 Å². The summed E-state index contributed by atoms with van der Waals surface area (Å²) in [5.41, 5.74) is 3.02. The van der Waals surface area contributed by atoms with Gasteiger partial charge in [0.2, 0.25) is 5.91 Å². The molecule has 2 unspecified atom stereocenters. The zero-order chi connectivity index (χ0) is 23.9. The molecule has 1 aliphatic heterocycles. The second-order valence-corrected chi connectivity index (χ2v) is 10.2. The van der Waals surface area contributed by atoms with Gasteiger partial charge in [-0.3, -0.25) is 4.79 Å². The first-order valence-electron chi connectivity index (χ1n) is 10.6. The van der Waals surface area contributed by atoms with Crippen molar-refractivity contribution in [2.45, 2.75) is 10.9 Å². The van der Waals surface area contributed by atoms with Gasteiger partial charge < -0.3 is 15.0 Å². The largest absolute Gasteiger partial charge is 0.374 e. The summed E-state index contributed by atoms with van der Waals surface area (Å²) in [5.74, 6) is 0.243. The highest BCUT2D eigenvalue weighted by Gasteiger charge is 2.38. The summed E-state index contributed by atoms with van der Waals surface area (Å²) < 4.78 is 1.80. The number of imidazole rings is 1. The van der Waals surface area contributed by atoms with Gasteiger partial charge in [0.25, 0.3) is 0 Å². The number of benzene rings is 3. The van der Waals surface area contributed by atoms with Crippen LogP contribution < -0.4 is 5.32 Å². The summed E-state index contributed by atoms with van der Waals surface area (Å²) in [6, 6.07) is 20.4. The fraction of sp³-hybridized carbons (Fsp3) is 0.154. The third-order valence-electron chi connectivity index (χ3n) is 6.01. The minimum atomic E-state index is -1.50. The van der Waals surface area contributed by atoms with E-state index < -0.39 is 5.60 Å². The number of amides is 1. The third-order valence-corrected chi connectivity index (χ3v) is 7.78. The molecule has 1 aliphatic rings. The van der Waals surface area contributed by atoms with Crippen molar-refractivity contribution in [3.63, 3.8) is 0 Å². The Labute approximate surface area is 211 Å². The van der Waals surface area contributed by atoms with Crippen LogP contribution in [0.5, 0.6) is 0 Å². The Morgan fingerprint density at radius 2 is 1.82 bits per heavy atom. The van der Waals surface area contributed by atoms with Gasteiger partial charge in [0.05, 0.1) is 29.2 Å². The fourth-order valence-corrected chi connectivity index (χ4v) is 5.79. The summed E-state index contributed by atoms with van der Waals surface area (Å²) in [6.07, 6.45) is 3.32. The molecule has 0 saturated heterocycles. The molecule has 0 fully saturated rings. The van der Waals surface area contributed by atoms with Crippen LogP contribution >= 0.6 is 35.0 Å². The van der Waals surface area contributed by atoms with E-state index in [1.807, 2.05) is 61.6 Å². The highest BCUT2D eigenvalue weighted by atomic mass is 35.5. The van der Waals surface area contributed by atoms with E-state index in [0.717, 1.165) is 11.1 Å². The van der Waals surface area contributed by atoms with Gasteiger partial charge in [-0.25, -0.2) is 4.98 Å². The molecule has 172 valence electrons. The average molecular weight is 510 g/mol. The number of halogens is 2. The number of hydrogen-bond donors (Lipinski definition) is 2. The first kappa shape index (κ1) is 23.0. The molecule has 5 nitrogen and oxygen atoms in total. The van der Waals surface area contributed by atoms with E-state index in [9.17, 15) is 9.90 Å². The second-order valence-electron chi connectivity index (χ2n) is 8.20. The SMILES string of the molecule is Cn1cncc1C(O)(c1ccc(Cl)cc1)c1ccc2c(c1)C(c1cccc(Cl)c1)SCC(=O)N2. The first-order chi connectivity index (χ1) is 16.4. The lowest BCUT2D eigenvalue weighted by atomic mass is 9.82. The third kappa shape index (κ3) is 4.12. The van der Waals surface area contributed by atoms with Crippen molar-refractivity contribution in [2.75, 3.05) is 11.1 Å². The lowest BCUT2D eigenvalue weighted by Crippen LogP contribution is -2.31. The highest BCUT2D eigenvalue weighted by Crippen LogP contribution is 2.45. The number of carbonyl (C=O) groups excluding carboxylic acids is 1. The number of aromatic nitrogens is 2. The molecule has 0 radical (unpaired) electrons. The Hall–Kier alpha value is -2.77. The normalized spacial score (nSPS) is 17.4. The molecule has 1 aromatic heterocycles. The van der Waals surface area contributed by atoms with Crippen LogP contribution in [0.25, 0.3) is 0 Å². The van der Waals surface area contributed by atoms with E-state index in [1.165, 1.54) is 11.8 Å². The number of fused-ring (bicyclic) bond motifs is 1. The maximum Gasteiger partial charge on any atom is 0.234 e. The molecule has 1 amide bonds. The molecule has 3 aromatic carbocycles. The smallest absolute Gasteiger partial charge is 0.234 e. The summed E-state index contributed by atoms with van der Waals surface area (Å²) in [6.45, 7) is 0. The van der Waals surface area contributed by atoms with Crippen LogP contribution in [0.4, 0.5) is 5.69 Å².